The second-order valence-corrected chi connectivity index (χ2v) is 11.5. The van der Waals surface area contributed by atoms with E-state index in [0.717, 1.165) is 15.4 Å². The molecule has 0 heterocycles. The van der Waals surface area contributed by atoms with Crippen molar-refractivity contribution in [3.63, 3.8) is 0 Å². The lowest BCUT2D eigenvalue weighted by Crippen LogP contribution is -2.38. The average Bonchev–Trinajstić information content (AvgIpc) is 2.72. The number of nitrogens with one attached hydrogen (secondary N) is 1. The minimum atomic E-state index is -4.01. The van der Waals surface area contributed by atoms with Crippen molar-refractivity contribution in [3.8, 4) is 0 Å². The lowest BCUT2D eigenvalue weighted by atomic mass is 10.1. The highest BCUT2D eigenvalue weighted by Gasteiger charge is 2.30. The van der Waals surface area contributed by atoms with Crippen LogP contribution < -0.4 is 10.5 Å². The third-order valence-electron chi connectivity index (χ3n) is 5.19. The van der Waals surface area contributed by atoms with Crippen molar-refractivity contribution in [3.05, 3.63) is 89.0 Å². The summed E-state index contributed by atoms with van der Waals surface area (Å²) in [5.41, 5.74) is 3.21. The van der Waals surface area contributed by atoms with Gasteiger partial charge in [-0.3, -0.25) is 4.79 Å². The molecule has 3 rings (SSSR count). The number of benzene rings is 3. The van der Waals surface area contributed by atoms with Crippen LogP contribution in [-0.2, 0) is 31.4 Å². The number of hydrogen-bond acceptors (Lipinski definition) is 5. The Morgan fingerprint density at radius 1 is 0.882 bits per heavy atom. The molecule has 0 saturated carbocycles. The van der Waals surface area contributed by atoms with Gasteiger partial charge in [0, 0.05) is 12.2 Å². The van der Waals surface area contributed by atoms with E-state index < -0.39 is 32.5 Å². The van der Waals surface area contributed by atoms with Gasteiger partial charge < -0.3 is 5.32 Å². The molecule has 0 spiro atoms. The normalized spacial score (nSPS) is 12.0. The first-order chi connectivity index (χ1) is 15.9. The molecule has 3 aromatic carbocycles. The molecule has 1 amide bonds. The Morgan fingerprint density at radius 3 is 1.97 bits per heavy atom. The van der Waals surface area contributed by atoms with Gasteiger partial charge in [0.2, 0.25) is 26.0 Å². The third kappa shape index (κ3) is 6.09. The fraction of sp³-hybridized carbons (Fsp3) is 0.208. The smallest absolute Gasteiger partial charge is 0.244 e. The van der Waals surface area contributed by atoms with Crippen LogP contribution in [0.3, 0.4) is 0 Å². The second-order valence-electron chi connectivity index (χ2n) is 8.10. The molecule has 0 radical (unpaired) electrons. The van der Waals surface area contributed by atoms with E-state index in [2.05, 4.69) is 5.32 Å². The van der Waals surface area contributed by atoms with Crippen LogP contribution in [0.15, 0.2) is 76.5 Å². The molecule has 3 aromatic rings. The number of anilines is 1. The summed E-state index contributed by atoms with van der Waals surface area (Å²) >= 11 is 0. The van der Waals surface area contributed by atoms with Crippen LogP contribution in [0.25, 0.3) is 0 Å². The Balaban J connectivity index is 1.91. The number of carbonyl (C=O) groups is 1. The van der Waals surface area contributed by atoms with E-state index in [1.165, 1.54) is 24.3 Å². The summed E-state index contributed by atoms with van der Waals surface area (Å²) in [4.78, 5) is 12.9. The first-order valence-corrected chi connectivity index (χ1v) is 13.4. The first-order valence-electron chi connectivity index (χ1n) is 10.4. The summed E-state index contributed by atoms with van der Waals surface area (Å²) in [6, 6.07) is 17.9. The molecular formula is C24H27N3O5S2. The van der Waals surface area contributed by atoms with Gasteiger partial charge in [0.15, 0.2) is 0 Å². The predicted molar refractivity (Wildman–Crippen MR) is 131 cm³/mol. The van der Waals surface area contributed by atoms with Gasteiger partial charge in [-0.25, -0.2) is 22.0 Å². The molecule has 0 unspecified atom stereocenters. The number of primary sulfonamides is 1. The lowest BCUT2D eigenvalue weighted by molar-refractivity contribution is -0.116. The van der Waals surface area contributed by atoms with E-state index in [4.69, 9.17) is 5.14 Å². The zero-order valence-corrected chi connectivity index (χ0v) is 20.8. The Hall–Kier alpha value is -3.05. The minimum absolute atomic E-state index is 0.00764. The Kier molecular flexibility index (Phi) is 7.57. The number of aryl methyl sites for hydroxylation is 3. The quantitative estimate of drug-likeness (QED) is 0.490. The van der Waals surface area contributed by atoms with E-state index >= 15 is 0 Å². The largest absolute Gasteiger partial charge is 0.325 e. The van der Waals surface area contributed by atoms with E-state index in [0.29, 0.717) is 16.8 Å². The maximum Gasteiger partial charge on any atom is 0.244 e. The molecular weight excluding hydrogens is 474 g/mol. The molecule has 8 nitrogen and oxygen atoms in total. The van der Waals surface area contributed by atoms with E-state index in [9.17, 15) is 21.6 Å². The van der Waals surface area contributed by atoms with Crippen molar-refractivity contribution in [1.29, 1.82) is 0 Å². The Labute approximate surface area is 200 Å². The maximum atomic E-state index is 13.7. The Bertz CT molecular complexity index is 1380. The molecule has 10 heteroatoms. The van der Waals surface area contributed by atoms with Gasteiger partial charge in [-0.05, 0) is 61.7 Å². The lowest BCUT2D eigenvalue weighted by Gasteiger charge is -2.24. The zero-order chi connectivity index (χ0) is 25.1. The summed E-state index contributed by atoms with van der Waals surface area (Å²) in [5, 5.41) is 7.71. The number of sulfonamides is 2. The van der Waals surface area contributed by atoms with Crippen LogP contribution in [-0.4, -0.2) is 33.6 Å². The molecule has 0 aliphatic rings. The number of hydrogen-bond donors (Lipinski definition) is 2. The minimum Gasteiger partial charge on any atom is -0.325 e. The van der Waals surface area contributed by atoms with Crippen LogP contribution >= 0.6 is 0 Å². The predicted octanol–water partition coefficient (Wildman–Crippen LogP) is 3.09. The summed E-state index contributed by atoms with van der Waals surface area (Å²) in [7, 11) is -7.88. The molecule has 0 aromatic heterocycles. The van der Waals surface area contributed by atoms with Crippen LogP contribution in [0.2, 0.25) is 0 Å². The van der Waals surface area contributed by atoms with E-state index in [1.54, 1.807) is 50.2 Å². The standard InChI is InChI=1S/C24H27N3O5S2/c1-17-13-18(2)24(19(3)14-17)34(31,32)27(15-20-7-5-4-6-8-20)16-23(28)26-21-9-11-22(12-10-21)33(25,29)30/h4-14H,15-16H2,1-3H3,(H,26,28)(H2,25,29,30). The summed E-state index contributed by atoms with van der Waals surface area (Å²) in [5.74, 6) is -0.565. The molecule has 0 fully saturated rings. The number of nitrogens with two attached hydrogens (primary N) is 1. The maximum absolute atomic E-state index is 13.7. The van der Waals surface area contributed by atoms with Gasteiger partial charge >= 0.3 is 0 Å². The summed E-state index contributed by atoms with van der Waals surface area (Å²) in [6.07, 6.45) is 0. The molecule has 0 aliphatic carbocycles. The van der Waals surface area contributed by atoms with E-state index in [-0.39, 0.29) is 16.3 Å². The fourth-order valence-electron chi connectivity index (χ4n) is 3.80. The topological polar surface area (TPSA) is 127 Å². The molecule has 0 aliphatic heterocycles. The van der Waals surface area contributed by atoms with Crippen molar-refractivity contribution in [2.24, 2.45) is 5.14 Å². The highest BCUT2D eigenvalue weighted by molar-refractivity contribution is 7.89. The number of carbonyl (C=O) groups excluding carboxylic acids is 1. The van der Waals surface area contributed by atoms with Crippen LogP contribution in [0.5, 0.6) is 0 Å². The molecule has 0 saturated heterocycles. The Morgan fingerprint density at radius 2 is 1.44 bits per heavy atom. The fourth-order valence-corrected chi connectivity index (χ4v) is 6.12. The van der Waals surface area contributed by atoms with Crippen LogP contribution in [0.1, 0.15) is 22.3 Å². The van der Waals surface area contributed by atoms with Gasteiger partial charge in [0.1, 0.15) is 0 Å². The van der Waals surface area contributed by atoms with E-state index in [1.807, 2.05) is 13.0 Å². The third-order valence-corrected chi connectivity index (χ3v) is 8.22. The molecule has 0 bridgehead atoms. The van der Waals surface area contributed by atoms with Crippen molar-refractivity contribution in [1.82, 2.24) is 4.31 Å². The molecule has 3 N–H and O–H groups in total. The van der Waals surface area contributed by atoms with Gasteiger partial charge in [-0.15, -0.1) is 0 Å². The zero-order valence-electron chi connectivity index (χ0n) is 19.1. The summed E-state index contributed by atoms with van der Waals surface area (Å²) in [6.45, 7) is 4.95. The highest BCUT2D eigenvalue weighted by Crippen LogP contribution is 2.26. The van der Waals surface area contributed by atoms with Crippen molar-refractivity contribution < 1.29 is 21.6 Å². The number of rotatable bonds is 8. The van der Waals surface area contributed by atoms with Crippen molar-refractivity contribution in [2.75, 3.05) is 11.9 Å². The molecule has 0 atom stereocenters. The SMILES string of the molecule is Cc1cc(C)c(S(=O)(=O)N(CC(=O)Nc2ccc(S(N)(=O)=O)cc2)Cc2ccccc2)c(C)c1. The first kappa shape index (κ1) is 25.6. The average molecular weight is 502 g/mol. The van der Waals surface area contributed by atoms with Crippen LogP contribution in [0.4, 0.5) is 5.69 Å². The highest BCUT2D eigenvalue weighted by atomic mass is 32.2. The van der Waals surface area contributed by atoms with Crippen molar-refractivity contribution in [2.45, 2.75) is 37.1 Å². The summed E-state index contributed by atoms with van der Waals surface area (Å²) < 4.78 is 51.4. The number of amides is 1. The monoisotopic (exact) mass is 501 g/mol. The van der Waals surface area contributed by atoms with Gasteiger partial charge in [0.25, 0.3) is 0 Å². The number of nitrogens with zero attached hydrogens (tertiary/aromatic N) is 1. The molecule has 34 heavy (non-hydrogen) atoms. The van der Waals surface area contributed by atoms with Gasteiger partial charge in [-0.2, -0.15) is 4.31 Å². The second kappa shape index (κ2) is 10.1. The van der Waals surface area contributed by atoms with Gasteiger partial charge in [-0.1, -0.05) is 48.0 Å². The van der Waals surface area contributed by atoms with Crippen LogP contribution in [0, 0.1) is 20.8 Å². The molecule has 180 valence electrons. The van der Waals surface area contributed by atoms with Crippen molar-refractivity contribution >= 4 is 31.6 Å². The van der Waals surface area contributed by atoms with Gasteiger partial charge in [0.05, 0.1) is 16.3 Å².